The van der Waals surface area contributed by atoms with E-state index in [1.807, 2.05) is 6.26 Å². The predicted octanol–water partition coefficient (Wildman–Crippen LogP) is 14.2. The van der Waals surface area contributed by atoms with Crippen molar-refractivity contribution in [1.82, 2.24) is 0 Å². The van der Waals surface area contributed by atoms with E-state index in [0.29, 0.717) is 0 Å². The van der Waals surface area contributed by atoms with Gasteiger partial charge in [-0.05, 0) is 143 Å². The lowest BCUT2D eigenvalue weighted by Crippen LogP contribution is -1.98. The molecule has 1 aliphatic rings. The van der Waals surface area contributed by atoms with E-state index in [0.717, 1.165) is 28.3 Å². The van der Waals surface area contributed by atoms with Crippen LogP contribution in [-0.2, 0) is 6.42 Å². The maximum atomic E-state index is 6.55. The normalized spacial score (nSPS) is 12.3. The van der Waals surface area contributed by atoms with Gasteiger partial charge in [-0.2, -0.15) is 0 Å². The van der Waals surface area contributed by atoms with E-state index < -0.39 is 0 Å². The van der Waals surface area contributed by atoms with Gasteiger partial charge in [-0.15, -0.1) is 0 Å². The van der Waals surface area contributed by atoms with Crippen molar-refractivity contribution in [2.24, 2.45) is 0 Å². The Morgan fingerprint density at radius 2 is 1.08 bits per heavy atom. The van der Waals surface area contributed by atoms with E-state index >= 15 is 0 Å². The number of benzene rings is 9. The molecule has 244 valence electrons. The first-order chi connectivity index (χ1) is 25.6. The lowest BCUT2D eigenvalue weighted by atomic mass is 9.81. The molecule has 0 amide bonds. The molecular weight excluding hydrogens is 629 g/mol. The van der Waals surface area contributed by atoms with Crippen molar-refractivity contribution >= 4 is 54.1 Å². The van der Waals surface area contributed by atoms with Gasteiger partial charge in [0, 0.05) is 16.3 Å². The second kappa shape index (κ2) is 11.0. The molecule has 0 spiro atoms. The molecule has 0 radical (unpaired) electrons. The summed E-state index contributed by atoms with van der Waals surface area (Å²) in [7, 11) is 0. The van der Waals surface area contributed by atoms with Gasteiger partial charge in [0.1, 0.15) is 5.58 Å². The molecular formula is C51H34O. The van der Waals surface area contributed by atoms with E-state index in [1.165, 1.54) is 98.9 Å². The lowest BCUT2D eigenvalue weighted by Gasteiger charge is -2.22. The molecule has 1 heteroatoms. The number of aryl methyl sites for hydroxylation is 1. The molecule has 0 unspecified atom stereocenters. The van der Waals surface area contributed by atoms with Crippen molar-refractivity contribution in [3.05, 3.63) is 180 Å². The fourth-order valence-electron chi connectivity index (χ4n) is 9.12. The van der Waals surface area contributed by atoms with Crippen molar-refractivity contribution < 1.29 is 4.42 Å². The van der Waals surface area contributed by atoms with Gasteiger partial charge >= 0.3 is 0 Å². The van der Waals surface area contributed by atoms with E-state index in [4.69, 9.17) is 4.42 Å². The van der Waals surface area contributed by atoms with Crippen LogP contribution in [0.1, 0.15) is 22.3 Å². The smallest absolute Gasteiger partial charge is 0.142 e. The minimum Gasteiger partial charge on any atom is -0.463 e. The van der Waals surface area contributed by atoms with Crippen molar-refractivity contribution in [3.63, 3.8) is 0 Å². The minimum absolute atomic E-state index is 0.933. The van der Waals surface area contributed by atoms with Crippen LogP contribution in [0.15, 0.2) is 162 Å². The Balaban J connectivity index is 1.22. The summed E-state index contributed by atoms with van der Waals surface area (Å²) in [4.78, 5) is 0. The summed E-state index contributed by atoms with van der Waals surface area (Å²) in [5.74, 6) is 0. The van der Waals surface area contributed by atoms with Crippen LogP contribution in [0.3, 0.4) is 0 Å². The molecule has 9 aromatic carbocycles. The number of fused-ring (bicyclic) bond motifs is 10. The van der Waals surface area contributed by atoms with Crippen LogP contribution in [-0.4, -0.2) is 0 Å². The zero-order valence-electron chi connectivity index (χ0n) is 29.1. The van der Waals surface area contributed by atoms with Crippen LogP contribution in [0.4, 0.5) is 0 Å². The average molecular weight is 663 g/mol. The van der Waals surface area contributed by atoms with Crippen LogP contribution < -0.4 is 0 Å². The van der Waals surface area contributed by atoms with Gasteiger partial charge in [0.05, 0.1) is 6.26 Å². The lowest BCUT2D eigenvalue weighted by molar-refractivity contribution is 0.620. The van der Waals surface area contributed by atoms with E-state index in [-0.39, 0.29) is 0 Å². The summed E-state index contributed by atoms with van der Waals surface area (Å²) < 4.78 is 6.55. The maximum absolute atomic E-state index is 6.55. The highest BCUT2D eigenvalue weighted by atomic mass is 16.3. The molecule has 52 heavy (non-hydrogen) atoms. The molecule has 0 bridgehead atoms. The minimum atomic E-state index is 0.933. The first-order valence-corrected chi connectivity index (χ1v) is 18.2. The Hall–Kier alpha value is -6.44. The quantitative estimate of drug-likeness (QED) is 0.136. The first-order valence-electron chi connectivity index (χ1n) is 18.2. The number of hydrogen-bond acceptors (Lipinski definition) is 1. The van der Waals surface area contributed by atoms with Gasteiger partial charge in [-0.3, -0.25) is 0 Å². The Kier molecular flexibility index (Phi) is 6.22. The summed E-state index contributed by atoms with van der Waals surface area (Å²) in [6.07, 6.45) is 2.91. The average Bonchev–Trinajstić information content (AvgIpc) is 3.79. The summed E-state index contributed by atoms with van der Waals surface area (Å²) >= 11 is 0. The van der Waals surface area contributed by atoms with Gasteiger partial charge in [0.15, 0.2) is 0 Å². The highest BCUT2D eigenvalue weighted by Crippen LogP contribution is 2.50. The third-order valence-corrected chi connectivity index (χ3v) is 11.7. The molecule has 1 aliphatic carbocycles. The summed E-state index contributed by atoms with van der Waals surface area (Å²) in [6, 6.07) is 56.1. The number of rotatable bonds is 3. The van der Waals surface area contributed by atoms with E-state index in [9.17, 15) is 0 Å². The third kappa shape index (κ3) is 4.17. The third-order valence-electron chi connectivity index (χ3n) is 11.7. The summed E-state index contributed by atoms with van der Waals surface area (Å²) in [6.45, 7) is 4.58. The Labute approximate surface area is 302 Å². The van der Waals surface area contributed by atoms with Crippen molar-refractivity contribution in [1.29, 1.82) is 0 Å². The van der Waals surface area contributed by atoms with E-state index in [1.54, 1.807) is 0 Å². The second-order valence-electron chi connectivity index (χ2n) is 14.5. The highest BCUT2D eigenvalue weighted by Gasteiger charge is 2.27. The standard InChI is InChI=1S/C51H34O/c1-30-25-46-38-16-8-6-14-35(38)28-47(46)49(31(30)2)44-22-20-36-26-33-12-3-4-13-34(33)27-45(36)50(44)41-18-10-9-17-39(41)48-29-52-51-42-21-19-32-11-5-7-15-37(32)40(42)23-24-43(48)51/h3-27,29H,28H2,1-2H3. The van der Waals surface area contributed by atoms with Gasteiger partial charge in [0.2, 0.25) is 0 Å². The first kappa shape index (κ1) is 29.3. The van der Waals surface area contributed by atoms with Crippen molar-refractivity contribution in [3.8, 4) is 44.5 Å². The molecule has 0 saturated heterocycles. The van der Waals surface area contributed by atoms with Gasteiger partial charge in [0.25, 0.3) is 0 Å². The number of furan rings is 1. The van der Waals surface area contributed by atoms with Gasteiger partial charge in [-0.1, -0.05) is 127 Å². The Morgan fingerprint density at radius 1 is 0.404 bits per heavy atom. The molecule has 1 aromatic heterocycles. The predicted molar refractivity (Wildman–Crippen MR) is 220 cm³/mol. The topological polar surface area (TPSA) is 13.1 Å². The molecule has 11 rings (SSSR count). The zero-order chi connectivity index (χ0) is 34.5. The number of hydrogen-bond donors (Lipinski definition) is 0. The van der Waals surface area contributed by atoms with Crippen LogP contribution in [0.5, 0.6) is 0 Å². The fourth-order valence-corrected chi connectivity index (χ4v) is 9.12. The maximum Gasteiger partial charge on any atom is 0.142 e. The molecule has 1 nitrogen and oxygen atoms in total. The largest absolute Gasteiger partial charge is 0.463 e. The van der Waals surface area contributed by atoms with Crippen LogP contribution in [0.2, 0.25) is 0 Å². The molecule has 0 aliphatic heterocycles. The fraction of sp³-hybridized carbons (Fsp3) is 0.0588. The SMILES string of the molecule is Cc1cc2c(c(-c3ccc4cc5ccccc5cc4c3-c3ccccc3-c3coc4c3ccc3c5ccccc5ccc34)c1C)Cc1ccccc1-2. The monoisotopic (exact) mass is 662 g/mol. The van der Waals surface area contributed by atoms with E-state index in [2.05, 4.69) is 166 Å². The summed E-state index contributed by atoms with van der Waals surface area (Å²) in [5.41, 5.74) is 16.6. The molecule has 10 aromatic rings. The van der Waals surface area contributed by atoms with Gasteiger partial charge in [-0.25, -0.2) is 0 Å². The molecule has 0 fully saturated rings. The highest BCUT2D eigenvalue weighted by molar-refractivity contribution is 6.19. The summed E-state index contributed by atoms with van der Waals surface area (Å²) in [5, 5.41) is 11.0. The Morgan fingerprint density at radius 3 is 1.94 bits per heavy atom. The molecule has 0 N–H and O–H groups in total. The molecule has 1 heterocycles. The van der Waals surface area contributed by atoms with Crippen LogP contribution >= 0.6 is 0 Å². The van der Waals surface area contributed by atoms with Crippen molar-refractivity contribution in [2.75, 3.05) is 0 Å². The molecule has 0 saturated carbocycles. The van der Waals surface area contributed by atoms with Gasteiger partial charge < -0.3 is 4.42 Å². The van der Waals surface area contributed by atoms with Crippen molar-refractivity contribution in [2.45, 2.75) is 20.3 Å². The second-order valence-corrected chi connectivity index (χ2v) is 14.5. The van der Waals surface area contributed by atoms with Crippen LogP contribution in [0, 0.1) is 13.8 Å². The van der Waals surface area contributed by atoms with Crippen LogP contribution in [0.25, 0.3) is 98.6 Å². The molecule has 0 atom stereocenters. The Bertz CT molecular complexity index is 3120. The zero-order valence-corrected chi connectivity index (χ0v) is 29.1.